The molecule has 0 atom stereocenters. The number of cyclic esters (lactones) is 1. The fourth-order valence-electron chi connectivity index (χ4n) is 3.88. The van der Waals surface area contributed by atoms with Crippen molar-refractivity contribution in [1.29, 1.82) is 0 Å². The predicted molar refractivity (Wildman–Crippen MR) is 119 cm³/mol. The van der Waals surface area contributed by atoms with Crippen molar-refractivity contribution in [1.82, 2.24) is 4.98 Å². The molecule has 0 unspecified atom stereocenters. The van der Waals surface area contributed by atoms with Crippen LogP contribution in [-0.2, 0) is 24.1 Å². The Bertz CT molecular complexity index is 1070. The lowest BCUT2D eigenvalue weighted by Gasteiger charge is -2.29. The third kappa shape index (κ3) is 3.89. The summed E-state index contributed by atoms with van der Waals surface area (Å²) in [6, 6.07) is 14.7. The van der Waals surface area contributed by atoms with E-state index >= 15 is 0 Å². The minimum absolute atomic E-state index is 0.255. The highest BCUT2D eigenvalue weighted by Gasteiger charge is 2.26. The molecule has 5 rings (SSSR count). The first-order valence-electron chi connectivity index (χ1n) is 9.66. The van der Waals surface area contributed by atoms with E-state index in [0.29, 0.717) is 13.2 Å². The maximum Gasteiger partial charge on any atom is 0.414 e. The second kappa shape index (κ2) is 7.80. The number of nitrogens with zero attached hydrogens (tertiary/aromatic N) is 3. The number of thiazole rings is 1. The minimum Gasteiger partial charge on any atom is -0.447 e. The topological polar surface area (TPSA) is 45.7 Å². The number of hydrogen-bond acceptors (Lipinski definition) is 5. The van der Waals surface area contributed by atoms with Crippen LogP contribution in [0.25, 0.3) is 0 Å². The van der Waals surface area contributed by atoms with Gasteiger partial charge in [-0.2, -0.15) is 0 Å². The van der Waals surface area contributed by atoms with Crippen LogP contribution < -0.4 is 9.80 Å². The summed E-state index contributed by atoms with van der Waals surface area (Å²) in [5.74, 6) is 0. The standard InChI is InChI=1S/C22H20BrN3O2S/c23-18-3-1-2-15(10-18)11-20-13-24-21(29-20)25-7-6-16-4-5-19(12-17(16)14-25)26-8-9-28-22(26)27/h1-5,10,12-13H,6-9,11,14H2. The van der Waals surface area contributed by atoms with Gasteiger partial charge in [0.1, 0.15) is 6.61 Å². The summed E-state index contributed by atoms with van der Waals surface area (Å²) in [7, 11) is 0. The molecule has 0 N–H and O–H groups in total. The van der Waals surface area contributed by atoms with Crippen molar-refractivity contribution in [2.75, 3.05) is 29.5 Å². The fraction of sp³-hybridized carbons (Fsp3) is 0.273. The molecule has 1 fully saturated rings. The number of halogens is 1. The first kappa shape index (κ1) is 18.6. The van der Waals surface area contributed by atoms with Gasteiger partial charge < -0.3 is 9.64 Å². The van der Waals surface area contributed by atoms with Crippen LogP contribution in [0.4, 0.5) is 15.6 Å². The van der Waals surface area contributed by atoms with Crippen molar-refractivity contribution in [3.63, 3.8) is 0 Å². The zero-order chi connectivity index (χ0) is 19.8. The smallest absolute Gasteiger partial charge is 0.414 e. The Morgan fingerprint density at radius 2 is 2.07 bits per heavy atom. The maximum absolute atomic E-state index is 11.9. The van der Waals surface area contributed by atoms with Gasteiger partial charge in [-0.15, -0.1) is 11.3 Å². The molecule has 5 nitrogen and oxygen atoms in total. The number of carbonyl (C=O) groups excluding carboxylic acids is 1. The zero-order valence-electron chi connectivity index (χ0n) is 15.8. The molecule has 0 bridgehead atoms. The molecular formula is C22H20BrN3O2S. The molecule has 3 aromatic rings. The molecule has 7 heteroatoms. The number of hydrogen-bond donors (Lipinski definition) is 0. The predicted octanol–water partition coefficient (Wildman–Crippen LogP) is 5.02. The molecule has 148 valence electrons. The van der Waals surface area contributed by atoms with Crippen LogP contribution in [0.15, 0.2) is 53.1 Å². The average Bonchev–Trinajstić information content (AvgIpc) is 3.36. The van der Waals surface area contributed by atoms with E-state index in [1.807, 2.05) is 18.3 Å². The Morgan fingerprint density at radius 1 is 1.14 bits per heavy atom. The molecule has 0 spiro atoms. The van der Waals surface area contributed by atoms with E-state index in [4.69, 9.17) is 9.72 Å². The van der Waals surface area contributed by atoms with E-state index in [1.165, 1.54) is 21.6 Å². The summed E-state index contributed by atoms with van der Waals surface area (Å²) in [4.78, 5) is 21.9. The molecule has 2 aliphatic rings. The molecule has 1 amide bonds. The monoisotopic (exact) mass is 469 g/mol. The lowest BCUT2D eigenvalue weighted by molar-refractivity contribution is 0.181. The normalized spacial score (nSPS) is 16.1. The molecule has 0 aliphatic carbocycles. The Hall–Kier alpha value is -2.38. The maximum atomic E-state index is 11.9. The summed E-state index contributed by atoms with van der Waals surface area (Å²) in [6.45, 7) is 2.85. The third-order valence-corrected chi connectivity index (χ3v) is 6.91. The number of aromatic nitrogens is 1. The van der Waals surface area contributed by atoms with Crippen LogP contribution in [0, 0.1) is 0 Å². The van der Waals surface area contributed by atoms with Crippen LogP contribution in [0.1, 0.15) is 21.6 Å². The highest BCUT2D eigenvalue weighted by Crippen LogP contribution is 2.32. The number of carbonyl (C=O) groups is 1. The lowest BCUT2D eigenvalue weighted by Crippen LogP contribution is -2.31. The van der Waals surface area contributed by atoms with Crippen molar-refractivity contribution < 1.29 is 9.53 Å². The fourth-order valence-corrected chi connectivity index (χ4v) is 5.29. The second-order valence-electron chi connectivity index (χ2n) is 7.31. The first-order chi connectivity index (χ1) is 14.2. The van der Waals surface area contributed by atoms with Gasteiger partial charge in [-0.05, 0) is 47.4 Å². The van der Waals surface area contributed by atoms with E-state index in [2.05, 4.69) is 51.2 Å². The highest BCUT2D eigenvalue weighted by molar-refractivity contribution is 9.10. The number of amides is 1. The largest absolute Gasteiger partial charge is 0.447 e. The summed E-state index contributed by atoms with van der Waals surface area (Å²) in [5.41, 5.74) is 4.81. The van der Waals surface area contributed by atoms with E-state index in [9.17, 15) is 4.79 Å². The number of anilines is 2. The van der Waals surface area contributed by atoms with Crippen LogP contribution in [-0.4, -0.2) is 30.8 Å². The number of fused-ring (bicyclic) bond motifs is 1. The Labute approximate surface area is 182 Å². The van der Waals surface area contributed by atoms with Crippen molar-refractivity contribution in [3.8, 4) is 0 Å². The van der Waals surface area contributed by atoms with Gasteiger partial charge in [0.2, 0.25) is 0 Å². The molecule has 1 aromatic heterocycles. The molecule has 0 saturated carbocycles. The molecule has 0 radical (unpaired) electrons. The van der Waals surface area contributed by atoms with E-state index in [-0.39, 0.29) is 6.09 Å². The summed E-state index contributed by atoms with van der Waals surface area (Å²) < 4.78 is 6.18. The van der Waals surface area contributed by atoms with E-state index < -0.39 is 0 Å². The summed E-state index contributed by atoms with van der Waals surface area (Å²) in [5, 5.41) is 1.06. The molecule has 2 aliphatic heterocycles. The molecule has 3 heterocycles. The van der Waals surface area contributed by atoms with Gasteiger partial charge in [-0.25, -0.2) is 9.78 Å². The summed E-state index contributed by atoms with van der Waals surface area (Å²) in [6.07, 6.45) is 3.62. The van der Waals surface area contributed by atoms with E-state index in [1.54, 1.807) is 16.2 Å². The Kier molecular flexibility index (Phi) is 5.01. The first-order valence-corrected chi connectivity index (χ1v) is 11.3. The van der Waals surface area contributed by atoms with Gasteiger partial charge in [-0.1, -0.05) is 34.1 Å². The SMILES string of the molecule is O=C1OCCN1c1ccc2c(c1)CN(c1ncc(Cc3cccc(Br)c3)s1)CC2. The van der Waals surface area contributed by atoms with Gasteiger partial charge in [0.15, 0.2) is 5.13 Å². The minimum atomic E-state index is -0.255. The number of benzene rings is 2. The van der Waals surface area contributed by atoms with Crippen LogP contribution in [0.5, 0.6) is 0 Å². The van der Waals surface area contributed by atoms with Crippen LogP contribution >= 0.6 is 27.3 Å². The average molecular weight is 470 g/mol. The Balaban J connectivity index is 1.33. The highest BCUT2D eigenvalue weighted by atomic mass is 79.9. The van der Waals surface area contributed by atoms with Crippen LogP contribution in [0.2, 0.25) is 0 Å². The molecule has 2 aromatic carbocycles. The quantitative estimate of drug-likeness (QED) is 0.538. The van der Waals surface area contributed by atoms with Gasteiger partial charge >= 0.3 is 6.09 Å². The van der Waals surface area contributed by atoms with Crippen molar-refractivity contribution in [2.45, 2.75) is 19.4 Å². The van der Waals surface area contributed by atoms with Gasteiger partial charge in [0.05, 0.1) is 6.54 Å². The summed E-state index contributed by atoms with van der Waals surface area (Å²) >= 11 is 5.30. The molecule has 1 saturated heterocycles. The lowest BCUT2D eigenvalue weighted by atomic mass is 9.99. The van der Waals surface area contributed by atoms with Crippen molar-refractivity contribution >= 4 is 44.2 Å². The van der Waals surface area contributed by atoms with E-state index in [0.717, 1.165) is 41.2 Å². The second-order valence-corrected chi connectivity index (χ2v) is 9.32. The number of rotatable bonds is 4. The van der Waals surface area contributed by atoms with Crippen molar-refractivity contribution in [2.24, 2.45) is 0 Å². The van der Waals surface area contributed by atoms with Crippen molar-refractivity contribution in [3.05, 3.63) is 74.7 Å². The number of ether oxygens (including phenoxy) is 1. The zero-order valence-corrected chi connectivity index (χ0v) is 18.2. The van der Waals surface area contributed by atoms with Gasteiger partial charge in [-0.3, -0.25) is 4.90 Å². The molecular weight excluding hydrogens is 450 g/mol. The van der Waals surface area contributed by atoms with Crippen LogP contribution in [0.3, 0.4) is 0 Å². The third-order valence-electron chi connectivity index (χ3n) is 5.35. The Morgan fingerprint density at radius 3 is 2.90 bits per heavy atom. The van der Waals surface area contributed by atoms with Gasteiger partial charge in [0.25, 0.3) is 0 Å². The molecule has 29 heavy (non-hydrogen) atoms. The van der Waals surface area contributed by atoms with Gasteiger partial charge in [0, 0.05) is 40.7 Å².